The van der Waals surface area contributed by atoms with E-state index >= 15 is 0 Å². The Balaban J connectivity index is 2.01. The SMILES string of the molecule is CCCCC(C(=O)C(=O)Nc1ccn[nH]1)N(C(=O)O)[C@@H](c1nnc(-c2cccnc2)o1)C(C)(C)C. The smallest absolute Gasteiger partial charge is 0.408 e. The lowest BCUT2D eigenvalue weighted by Crippen LogP contribution is -2.52. The van der Waals surface area contributed by atoms with Crippen molar-refractivity contribution in [3.8, 4) is 11.5 Å². The molecule has 0 fully saturated rings. The van der Waals surface area contributed by atoms with Crippen LogP contribution in [0.5, 0.6) is 0 Å². The molecule has 186 valence electrons. The monoisotopic (exact) mass is 483 g/mol. The first-order chi connectivity index (χ1) is 16.6. The lowest BCUT2D eigenvalue weighted by atomic mass is 9.84. The number of nitrogens with zero attached hydrogens (tertiary/aromatic N) is 5. The zero-order valence-electron chi connectivity index (χ0n) is 20.1. The summed E-state index contributed by atoms with van der Waals surface area (Å²) < 4.78 is 5.88. The third kappa shape index (κ3) is 6.08. The van der Waals surface area contributed by atoms with Gasteiger partial charge in [0.05, 0.1) is 11.8 Å². The molecule has 0 spiro atoms. The maximum absolute atomic E-state index is 13.3. The summed E-state index contributed by atoms with van der Waals surface area (Å²) in [5.74, 6) is -1.43. The summed E-state index contributed by atoms with van der Waals surface area (Å²) in [6.07, 6.45) is 4.56. The van der Waals surface area contributed by atoms with Crippen LogP contribution >= 0.6 is 0 Å². The van der Waals surface area contributed by atoms with Gasteiger partial charge in [0.1, 0.15) is 17.9 Å². The number of rotatable bonds is 10. The van der Waals surface area contributed by atoms with Crippen LogP contribution < -0.4 is 5.32 Å². The number of unbranched alkanes of at least 4 members (excludes halogenated alkanes) is 1. The predicted molar refractivity (Wildman–Crippen MR) is 125 cm³/mol. The minimum atomic E-state index is -1.38. The van der Waals surface area contributed by atoms with Crippen molar-refractivity contribution in [2.75, 3.05) is 5.32 Å². The molecule has 0 aliphatic heterocycles. The summed E-state index contributed by atoms with van der Waals surface area (Å²) in [6, 6.07) is 2.65. The Labute approximate surface area is 202 Å². The molecule has 2 atom stereocenters. The van der Waals surface area contributed by atoms with Crippen molar-refractivity contribution >= 4 is 23.6 Å². The lowest BCUT2D eigenvalue weighted by molar-refractivity contribution is -0.139. The van der Waals surface area contributed by atoms with Crippen LogP contribution in [0.4, 0.5) is 10.6 Å². The number of hydrogen-bond donors (Lipinski definition) is 3. The van der Waals surface area contributed by atoms with Crippen molar-refractivity contribution < 1.29 is 23.9 Å². The van der Waals surface area contributed by atoms with E-state index in [-0.39, 0.29) is 24.0 Å². The van der Waals surface area contributed by atoms with Crippen molar-refractivity contribution in [2.45, 2.75) is 59.0 Å². The van der Waals surface area contributed by atoms with E-state index in [1.165, 1.54) is 12.3 Å². The average molecular weight is 484 g/mol. The van der Waals surface area contributed by atoms with Crippen LogP contribution in [0.1, 0.15) is 58.9 Å². The fourth-order valence-corrected chi connectivity index (χ4v) is 3.74. The first-order valence-corrected chi connectivity index (χ1v) is 11.2. The fraction of sp³-hybridized carbons (Fsp3) is 0.435. The molecular formula is C23H29N7O5. The number of carbonyl (C=O) groups is 3. The maximum Gasteiger partial charge on any atom is 0.408 e. The molecule has 3 N–H and O–H groups in total. The Kier molecular flexibility index (Phi) is 7.94. The number of Topliss-reactive ketones (excluding diaryl/α,β-unsaturated/α-hetero) is 1. The average Bonchev–Trinajstić information content (AvgIpc) is 3.50. The van der Waals surface area contributed by atoms with E-state index in [1.54, 1.807) is 45.3 Å². The summed E-state index contributed by atoms with van der Waals surface area (Å²) >= 11 is 0. The number of carbonyl (C=O) groups excluding carboxylic acids is 2. The summed E-state index contributed by atoms with van der Waals surface area (Å²) in [6.45, 7) is 7.31. The number of ketones is 1. The van der Waals surface area contributed by atoms with Gasteiger partial charge >= 0.3 is 6.09 Å². The highest BCUT2D eigenvalue weighted by Gasteiger charge is 2.45. The minimum absolute atomic E-state index is 0.0158. The highest BCUT2D eigenvalue weighted by Crippen LogP contribution is 2.40. The number of H-pyrrole nitrogens is 1. The van der Waals surface area contributed by atoms with Crippen molar-refractivity contribution in [3.63, 3.8) is 0 Å². The number of aromatic nitrogens is 5. The number of nitrogens with one attached hydrogen (secondary N) is 2. The molecule has 0 saturated heterocycles. The van der Waals surface area contributed by atoms with Gasteiger partial charge in [0.15, 0.2) is 0 Å². The number of carboxylic acid groups (broad SMARTS) is 1. The second-order valence-electron chi connectivity index (χ2n) is 9.09. The Hall–Kier alpha value is -4.09. The Bertz CT molecular complexity index is 1140. The Morgan fingerprint density at radius 2 is 1.97 bits per heavy atom. The molecule has 35 heavy (non-hydrogen) atoms. The van der Waals surface area contributed by atoms with Gasteiger partial charge < -0.3 is 14.8 Å². The molecule has 0 aliphatic rings. The van der Waals surface area contributed by atoms with Gasteiger partial charge in [0.2, 0.25) is 17.6 Å². The first-order valence-electron chi connectivity index (χ1n) is 11.2. The van der Waals surface area contributed by atoms with Crippen molar-refractivity contribution in [2.24, 2.45) is 5.41 Å². The number of hydrogen-bond acceptors (Lipinski definition) is 8. The highest BCUT2D eigenvalue weighted by atomic mass is 16.4. The van der Waals surface area contributed by atoms with Crippen LogP contribution in [0, 0.1) is 5.41 Å². The van der Waals surface area contributed by atoms with E-state index in [9.17, 15) is 19.5 Å². The second-order valence-corrected chi connectivity index (χ2v) is 9.09. The van der Waals surface area contributed by atoms with Crippen molar-refractivity contribution in [1.82, 2.24) is 30.3 Å². The van der Waals surface area contributed by atoms with E-state index in [1.807, 2.05) is 6.92 Å². The number of anilines is 1. The van der Waals surface area contributed by atoms with Crippen molar-refractivity contribution in [3.05, 3.63) is 42.7 Å². The van der Waals surface area contributed by atoms with Gasteiger partial charge in [-0.2, -0.15) is 5.10 Å². The zero-order valence-corrected chi connectivity index (χ0v) is 20.1. The first kappa shape index (κ1) is 25.5. The Morgan fingerprint density at radius 3 is 2.54 bits per heavy atom. The molecule has 0 aliphatic carbocycles. The van der Waals surface area contributed by atoms with Gasteiger partial charge in [0, 0.05) is 18.5 Å². The van der Waals surface area contributed by atoms with Crippen LogP contribution in [-0.4, -0.2) is 59.2 Å². The molecule has 2 amide bonds. The molecule has 3 rings (SSSR count). The van der Waals surface area contributed by atoms with Gasteiger partial charge in [0.25, 0.3) is 5.91 Å². The number of amides is 2. The molecule has 12 nitrogen and oxygen atoms in total. The molecule has 1 unspecified atom stereocenters. The van der Waals surface area contributed by atoms with E-state index in [4.69, 9.17) is 4.42 Å². The number of aromatic amines is 1. The standard InChI is InChI=1S/C23H29N7O5/c1-5-6-9-15(17(31)19(32)26-16-10-12-25-27-16)30(22(33)34)18(23(2,3)4)21-29-28-20(35-21)14-8-7-11-24-13-14/h7-8,10-13,15,18H,5-6,9H2,1-4H3,(H,33,34)(H2,25,26,27,32)/t15?,18-/m0/s1. The molecule has 0 bridgehead atoms. The van der Waals surface area contributed by atoms with Crippen LogP contribution in [0.25, 0.3) is 11.5 Å². The van der Waals surface area contributed by atoms with Gasteiger partial charge in [-0.25, -0.2) is 4.79 Å². The molecule has 3 aromatic heterocycles. The molecule has 3 aromatic rings. The summed E-state index contributed by atoms with van der Waals surface area (Å²) in [4.78, 5) is 43.6. The van der Waals surface area contributed by atoms with E-state index in [2.05, 4.69) is 30.7 Å². The third-order valence-corrected chi connectivity index (χ3v) is 5.34. The van der Waals surface area contributed by atoms with E-state index < -0.39 is 35.3 Å². The van der Waals surface area contributed by atoms with Gasteiger partial charge in [-0.1, -0.05) is 40.5 Å². The summed E-state index contributed by atoms with van der Waals surface area (Å²) in [5, 5.41) is 27.2. The molecule has 0 radical (unpaired) electrons. The fourth-order valence-electron chi connectivity index (χ4n) is 3.74. The zero-order chi connectivity index (χ0) is 25.6. The van der Waals surface area contributed by atoms with Crippen LogP contribution in [0.3, 0.4) is 0 Å². The quantitative estimate of drug-likeness (QED) is 0.364. The van der Waals surface area contributed by atoms with Crippen LogP contribution in [-0.2, 0) is 9.59 Å². The molecule has 0 saturated carbocycles. The highest BCUT2D eigenvalue weighted by molar-refractivity contribution is 6.42. The topological polar surface area (TPSA) is 167 Å². The van der Waals surface area contributed by atoms with E-state index in [0.29, 0.717) is 18.4 Å². The van der Waals surface area contributed by atoms with Crippen LogP contribution in [0.2, 0.25) is 0 Å². The number of pyridine rings is 1. The van der Waals surface area contributed by atoms with Gasteiger partial charge in [-0.15, -0.1) is 10.2 Å². The molecule has 12 heteroatoms. The van der Waals surface area contributed by atoms with Crippen LogP contribution in [0.15, 0.2) is 41.2 Å². The van der Waals surface area contributed by atoms with Gasteiger partial charge in [-0.3, -0.25) is 24.6 Å². The molecule has 0 aromatic carbocycles. The lowest BCUT2D eigenvalue weighted by Gasteiger charge is -2.39. The molecular weight excluding hydrogens is 454 g/mol. The summed E-state index contributed by atoms with van der Waals surface area (Å²) in [5.41, 5.74) is -0.194. The Morgan fingerprint density at radius 1 is 1.20 bits per heavy atom. The van der Waals surface area contributed by atoms with E-state index in [0.717, 1.165) is 4.90 Å². The largest absolute Gasteiger partial charge is 0.465 e. The minimum Gasteiger partial charge on any atom is -0.465 e. The normalized spacial score (nSPS) is 13.1. The maximum atomic E-state index is 13.3. The predicted octanol–water partition coefficient (Wildman–Crippen LogP) is 3.69. The van der Waals surface area contributed by atoms with Crippen molar-refractivity contribution in [1.29, 1.82) is 0 Å². The van der Waals surface area contributed by atoms with Gasteiger partial charge in [-0.05, 0) is 24.0 Å². The molecule has 3 heterocycles. The second kappa shape index (κ2) is 10.9. The third-order valence-electron chi connectivity index (χ3n) is 5.34. The summed E-state index contributed by atoms with van der Waals surface area (Å²) in [7, 11) is 0.